The van der Waals surface area contributed by atoms with Crippen LogP contribution in [0, 0.1) is 11.8 Å². The second-order valence-corrected chi connectivity index (χ2v) is 6.84. The normalized spacial score (nSPS) is 24.0. The minimum atomic E-state index is -0.386. The van der Waals surface area contributed by atoms with E-state index < -0.39 is 0 Å². The minimum absolute atomic E-state index is 0.377. The molecule has 1 atom stereocenters. The van der Waals surface area contributed by atoms with Crippen LogP contribution in [0.5, 0.6) is 0 Å². The Morgan fingerprint density at radius 2 is 1.86 bits per heavy atom. The van der Waals surface area contributed by atoms with E-state index in [1.165, 1.54) is 38.6 Å². The van der Waals surface area contributed by atoms with E-state index in [1.54, 1.807) is 6.20 Å². The van der Waals surface area contributed by atoms with Crippen LogP contribution < -0.4 is 0 Å². The van der Waals surface area contributed by atoms with E-state index >= 15 is 0 Å². The lowest BCUT2D eigenvalue weighted by Crippen LogP contribution is -2.39. The third kappa shape index (κ3) is 4.04. The van der Waals surface area contributed by atoms with Gasteiger partial charge in [0, 0.05) is 12.7 Å². The number of piperidine rings is 1. The van der Waals surface area contributed by atoms with Gasteiger partial charge >= 0.3 is 0 Å². The van der Waals surface area contributed by atoms with Gasteiger partial charge in [0.1, 0.15) is 0 Å². The minimum Gasteiger partial charge on any atom is -0.387 e. The number of aromatic nitrogens is 1. The van der Waals surface area contributed by atoms with Crippen LogP contribution in [0.1, 0.15) is 56.7 Å². The van der Waals surface area contributed by atoms with Crippen molar-refractivity contribution < 1.29 is 5.11 Å². The molecule has 21 heavy (non-hydrogen) atoms. The maximum Gasteiger partial charge on any atom is 0.0988 e. The molecule has 0 radical (unpaired) electrons. The standard InChI is InChI=1S/C18H28N2O/c21-18(17-8-4-5-11-19-17)16-9-12-20(13-10-16)14-15-6-2-1-3-7-15/h4-5,8,11,15-16,18,21H,1-3,6-7,9-10,12-14H2. The Balaban J connectivity index is 1.46. The fourth-order valence-corrected chi connectivity index (χ4v) is 3.98. The topological polar surface area (TPSA) is 36.4 Å². The van der Waals surface area contributed by atoms with Crippen LogP contribution in [-0.2, 0) is 0 Å². The van der Waals surface area contributed by atoms with E-state index in [1.807, 2.05) is 18.2 Å². The summed E-state index contributed by atoms with van der Waals surface area (Å²) in [5.41, 5.74) is 0.836. The van der Waals surface area contributed by atoms with Crippen LogP contribution in [0.3, 0.4) is 0 Å². The van der Waals surface area contributed by atoms with E-state index in [-0.39, 0.29) is 6.10 Å². The maximum atomic E-state index is 10.5. The Kier molecular flexibility index (Phi) is 5.26. The van der Waals surface area contributed by atoms with Gasteiger partial charge in [-0.3, -0.25) is 4.98 Å². The van der Waals surface area contributed by atoms with Crippen molar-refractivity contribution in [1.82, 2.24) is 9.88 Å². The van der Waals surface area contributed by atoms with E-state index in [9.17, 15) is 5.11 Å². The van der Waals surface area contributed by atoms with Gasteiger partial charge < -0.3 is 10.0 Å². The third-order valence-corrected chi connectivity index (χ3v) is 5.31. The first-order valence-corrected chi connectivity index (χ1v) is 8.64. The van der Waals surface area contributed by atoms with Crippen molar-refractivity contribution in [2.45, 2.75) is 51.0 Å². The predicted octanol–water partition coefficient (Wildman–Crippen LogP) is 3.41. The highest BCUT2D eigenvalue weighted by atomic mass is 16.3. The summed E-state index contributed by atoms with van der Waals surface area (Å²) in [6, 6.07) is 5.81. The van der Waals surface area contributed by atoms with Crippen molar-refractivity contribution in [2.24, 2.45) is 11.8 Å². The molecule has 0 spiro atoms. The molecule has 1 aromatic rings. The fourth-order valence-electron chi connectivity index (χ4n) is 3.98. The molecule has 1 aliphatic heterocycles. The molecule has 1 unspecified atom stereocenters. The van der Waals surface area contributed by atoms with Crippen molar-refractivity contribution in [1.29, 1.82) is 0 Å². The Hall–Kier alpha value is -0.930. The summed E-state index contributed by atoms with van der Waals surface area (Å²) >= 11 is 0. The number of hydrogen-bond acceptors (Lipinski definition) is 3. The zero-order valence-electron chi connectivity index (χ0n) is 13.0. The van der Waals surface area contributed by atoms with Crippen molar-refractivity contribution in [3.63, 3.8) is 0 Å². The molecule has 1 aromatic heterocycles. The lowest BCUT2D eigenvalue weighted by Gasteiger charge is -2.36. The molecule has 2 aliphatic rings. The van der Waals surface area contributed by atoms with E-state index in [4.69, 9.17) is 0 Å². The molecule has 0 aromatic carbocycles. The average molecular weight is 288 g/mol. The van der Waals surface area contributed by atoms with Gasteiger partial charge in [-0.25, -0.2) is 0 Å². The summed E-state index contributed by atoms with van der Waals surface area (Å²) in [7, 11) is 0. The molecule has 3 nitrogen and oxygen atoms in total. The first-order chi connectivity index (χ1) is 10.3. The first-order valence-electron chi connectivity index (χ1n) is 8.64. The highest BCUT2D eigenvalue weighted by molar-refractivity contribution is 5.08. The molecule has 0 bridgehead atoms. The number of nitrogens with zero attached hydrogens (tertiary/aromatic N) is 2. The second kappa shape index (κ2) is 7.37. The summed E-state index contributed by atoms with van der Waals surface area (Å²) in [5, 5.41) is 10.5. The number of likely N-dealkylation sites (tertiary alicyclic amines) is 1. The van der Waals surface area contributed by atoms with Gasteiger partial charge in [0.2, 0.25) is 0 Å². The molecule has 2 fully saturated rings. The molecule has 3 rings (SSSR count). The largest absolute Gasteiger partial charge is 0.387 e. The molecule has 0 amide bonds. The third-order valence-electron chi connectivity index (χ3n) is 5.31. The SMILES string of the molecule is OC(c1ccccn1)C1CCN(CC2CCCCC2)CC1. The molecular formula is C18H28N2O. The number of aliphatic hydroxyl groups is 1. The highest BCUT2D eigenvalue weighted by Crippen LogP contribution is 2.31. The van der Waals surface area contributed by atoms with Crippen molar-refractivity contribution >= 4 is 0 Å². The zero-order chi connectivity index (χ0) is 14.5. The maximum absolute atomic E-state index is 10.5. The summed E-state index contributed by atoms with van der Waals surface area (Å²) in [6.07, 6.45) is 10.7. The number of pyridine rings is 1. The summed E-state index contributed by atoms with van der Waals surface area (Å²) in [5.74, 6) is 1.30. The Labute approximate surface area is 128 Å². The summed E-state index contributed by atoms with van der Waals surface area (Å²) in [6.45, 7) is 3.57. The molecule has 1 N–H and O–H groups in total. The Bertz CT molecular complexity index is 408. The number of rotatable bonds is 4. The van der Waals surface area contributed by atoms with Gasteiger partial charge in [-0.1, -0.05) is 25.3 Å². The molecular weight excluding hydrogens is 260 g/mol. The highest BCUT2D eigenvalue weighted by Gasteiger charge is 2.28. The van der Waals surface area contributed by atoms with Crippen LogP contribution in [0.15, 0.2) is 24.4 Å². The van der Waals surface area contributed by atoms with E-state index in [0.29, 0.717) is 5.92 Å². The molecule has 1 aliphatic carbocycles. The van der Waals surface area contributed by atoms with Crippen LogP contribution >= 0.6 is 0 Å². The number of hydrogen-bond donors (Lipinski definition) is 1. The summed E-state index contributed by atoms with van der Waals surface area (Å²) in [4.78, 5) is 6.93. The van der Waals surface area contributed by atoms with Gasteiger partial charge in [0.25, 0.3) is 0 Å². The number of aliphatic hydroxyl groups excluding tert-OH is 1. The Morgan fingerprint density at radius 1 is 1.10 bits per heavy atom. The van der Waals surface area contributed by atoms with Crippen molar-refractivity contribution in [2.75, 3.05) is 19.6 Å². The van der Waals surface area contributed by atoms with Gasteiger partial charge in [0.15, 0.2) is 0 Å². The molecule has 2 heterocycles. The van der Waals surface area contributed by atoms with Crippen LogP contribution in [-0.4, -0.2) is 34.6 Å². The predicted molar refractivity (Wildman–Crippen MR) is 84.9 cm³/mol. The van der Waals surface area contributed by atoms with Crippen LogP contribution in [0.2, 0.25) is 0 Å². The van der Waals surface area contributed by atoms with Gasteiger partial charge in [-0.2, -0.15) is 0 Å². The van der Waals surface area contributed by atoms with E-state index in [2.05, 4.69) is 9.88 Å². The average Bonchev–Trinajstić information content (AvgIpc) is 2.57. The lowest BCUT2D eigenvalue weighted by molar-refractivity contribution is 0.0496. The summed E-state index contributed by atoms with van der Waals surface area (Å²) < 4.78 is 0. The van der Waals surface area contributed by atoms with Gasteiger partial charge in [0.05, 0.1) is 11.8 Å². The second-order valence-electron chi connectivity index (χ2n) is 6.84. The van der Waals surface area contributed by atoms with Crippen LogP contribution in [0.4, 0.5) is 0 Å². The lowest BCUT2D eigenvalue weighted by atomic mass is 9.86. The van der Waals surface area contributed by atoms with E-state index in [0.717, 1.165) is 37.5 Å². The molecule has 116 valence electrons. The molecule has 1 saturated heterocycles. The Morgan fingerprint density at radius 3 is 2.52 bits per heavy atom. The monoisotopic (exact) mass is 288 g/mol. The van der Waals surface area contributed by atoms with Gasteiger partial charge in [-0.05, 0) is 62.7 Å². The van der Waals surface area contributed by atoms with Crippen LogP contribution in [0.25, 0.3) is 0 Å². The zero-order valence-corrected chi connectivity index (χ0v) is 13.0. The fraction of sp³-hybridized carbons (Fsp3) is 0.722. The van der Waals surface area contributed by atoms with Crippen molar-refractivity contribution in [3.8, 4) is 0 Å². The smallest absolute Gasteiger partial charge is 0.0988 e. The quantitative estimate of drug-likeness (QED) is 0.922. The van der Waals surface area contributed by atoms with Crippen molar-refractivity contribution in [3.05, 3.63) is 30.1 Å². The molecule has 3 heteroatoms. The molecule has 1 saturated carbocycles. The first kappa shape index (κ1) is 15.0. The van der Waals surface area contributed by atoms with Gasteiger partial charge in [-0.15, -0.1) is 0 Å².